The number of benzene rings is 2. The van der Waals surface area contributed by atoms with E-state index in [-0.39, 0.29) is 18.0 Å². The molecule has 3 aromatic rings. The lowest BCUT2D eigenvalue weighted by Gasteiger charge is -2.34. The van der Waals surface area contributed by atoms with Crippen LogP contribution in [0.3, 0.4) is 0 Å². The van der Waals surface area contributed by atoms with Crippen LogP contribution in [0.15, 0.2) is 72.9 Å². The van der Waals surface area contributed by atoms with Crippen LogP contribution in [0.4, 0.5) is 4.39 Å². The normalized spacial score (nSPS) is 16.1. The number of hydrogen-bond donors (Lipinski definition) is 0. The summed E-state index contributed by atoms with van der Waals surface area (Å²) in [5, 5.41) is 9.03. The highest BCUT2D eigenvalue weighted by atomic mass is 19.1. The maximum absolute atomic E-state index is 13.4. The van der Waals surface area contributed by atoms with E-state index < -0.39 is 0 Å². The van der Waals surface area contributed by atoms with Gasteiger partial charge in [0.25, 0.3) is 0 Å². The molecule has 1 fully saturated rings. The second kappa shape index (κ2) is 9.62. The third kappa shape index (κ3) is 5.10. The van der Waals surface area contributed by atoms with Gasteiger partial charge in [0.05, 0.1) is 6.10 Å². The maximum Gasteiger partial charge on any atom is 0.140 e. The number of aromatic nitrogens is 1. The van der Waals surface area contributed by atoms with Gasteiger partial charge in [-0.2, -0.15) is 5.26 Å². The summed E-state index contributed by atoms with van der Waals surface area (Å²) in [6.45, 7) is 2.67. The van der Waals surface area contributed by atoms with E-state index >= 15 is 0 Å². The van der Waals surface area contributed by atoms with Crippen LogP contribution in [0, 0.1) is 17.1 Å². The van der Waals surface area contributed by atoms with Gasteiger partial charge in [-0.25, -0.2) is 9.37 Å². The predicted octanol–water partition coefficient (Wildman–Crippen LogP) is 4.86. The molecular weight excluding hydrogens is 377 g/mol. The lowest BCUT2D eigenvalue weighted by molar-refractivity contribution is -0.0281. The van der Waals surface area contributed by atoms with Gasteiger partial charge >= 0.3 is 0 Å². The molecular formula is C25H24FN3O. The second-order valence-electron chi connectivity index (χ2n) is 7.61. The van der Waals surface area contributed by atoms with Gasteiger partial charge in [0, 0.05) is 25.8 Å². The van der Waals surface area contributed by atoms with Crippen molar-refractivity contribution in [2.24, 2.45) is 0 Å². The summed E-state index contributed by atoms with van der Waals surface area (Å²) in [5.74, 6) is -0.241. The third-order valence-corrected chi connectivity index (χ3v) is 5.48. The van der Waals surface area contributed by atoms with Crippen molar-refractivity contribution in [2.75, 3.05) is 13.1 Å². The molecule has 1 aliphatic rings. The van der Waals surface area contributed by atoms with Gasteiger partial charge in [0.15, 0.2) is 0 Å². The minimum Gasteiger partial charge on any atom is -0.365 e. The van der Waals surface area contributed by atoms with E-state index in [0.29, 0.717) is 5.69 Å². The summed E-state index contributed by atoms with van der Waals surface area (Å²) < 4.78 is 19.9. The van der Waals surface area contributed by atoms with Crippen LogP contribution in [0.5, 0.6) is 0 Å². The molecule has 0 amide bonds. The molecule has 0 radical (unpaired) electrons. The Morgan fingerprint density at radius 2 is 1.73 bits per heavy atom. The van der Waals surface area contributed by atoms with Crippen molar-refractivity contribution in [3.8, 4) is 6.07 Å². The monoisotopic (exact) mass is 401 g/mol. The van der Waals surface area contributed by atoms with Gasteiger partial charge in [-0.05, 0) is 53.8 Å². The van der Waals surface area contributed by atoms with Crippen LogP contribution in [0.1, 0.15) is 41.3 Å². The van der Waals surface area contributed by atoms with Crippen LogP contribution in [-0.2, 0) is 11.3 Å². The number of hydrogen-bond acceptors (Lipinski definition) is 4. The molecule has 0 saturated carbocycles. The molecule has 4 nitrogen and oxygen atoms in total. The lowest BCUT2D eigenvalue weighted by Crippen LogP contribution is -2.37. The van der Waals surface area contributed by atoms with E-state index in [4.69, 9.17) is 10.00 Å². The van der Waals surface area contributed by atoms with Crippen molar-refractivity contribution in [3.63, 3.8) is 0 Å². The van der Waals surface area contributed by atoms with E-state index in [9.17, 15) is 4.39 Å². The maximum atomic E-state index is 13.4. The molecule has 1 unspecified atom stereocenters. The van der Waals surface area contributed by atoms with Gasteiger partial charge in [0.2, 0.25) is 0 Å². The van der Waals surface area contributed by atoms with Crippen molar-refractivity contribution in [1.82, 2.24) is 9.88 Å². The molecule has 30 heavy (non-hydrogen) atoms. The fourth-order valence-electron chi connectivity index (χ4n) is 3.90. The molecule has 4 rings (SSSR count). The molecule has 1 aliphatic heterocycles. The van der Waals surface area contributed by atoms with Crippen molar-refractivity contribution in [3.05, 3.63) is 101 Å². The predicted molar refractivity (Wildman–Crippen MR) is 113 cm³/mol. The first-order chi connectivity index (χ1) is 14.7. The smallest absolute Gasteiger partial charge is 0.140 e. The number of likely N-dealkylation sites (tertiary alicyclic amines) is 1. The third-order valence-electron chi connectivity index (χ3n) is 5.48. The van der Waals surface area contributed by atoms with Crippen molar-refractivity contribution in [1.29, 1.82) is 5.26 Å². The standard InChI is InChI=1S/C25H24FN3O/c26-22-8-6-21(7-9-22)25(20-4-2-1-3-5-20)30-24-11-14-29(15-12-24)18-19-10-13-28-23(16-19)17-27/h1-10,13,16,24-25H,11-12,14-15,18H2. The van der Waals surface area contributed by atoms with Crippen LogP contribution in [0.2, 0.25) is 0 Å². The molecule has 2 aromatic carbocycles. The highest BCUT2D eigenvalue weighted by Crippen LogP contribution is 2.30. The largest absolute Gasteiger partial charge is 0.365 e. The number of nitrogens with zero attached hydrogens (tertiary/aromatic N) is 3. The Kier molecular flexibility index (Phi) is 6.48. The van der Waals surface area contributed by atoms with Crippen molar-refractivity contribution >= 4 is 0 Å². The van der Waals surface area contributed by atoms with Gasteiger partial charge in [-0.15, -0.1) is 0 Å². The molecule has 0 aliphatic carbocycles. The minimum absolute atomic E-state index is 0.142. The number of rotatable bonds is 6. The SMILES string of the molecule is N#Cc1cc(CN2CCC(OC(c3ccccc3)c3ccc(F)cc3)CC2)ccn1. The zero-order chi connectivity index (χ0) is 20.8. The molecule has 2 heterocycles. The Bertz CT molecular complexity index is 993. The number of nitriles is 1. The average Bonchev–Trinajstić information content (AvgIpc) is 2.80. The molecule has 152 valence electrons. The van der Waals surface area contributed by atoms with E-state index in [1.165, 1.54) is 12.1 Å². The van der Waals surface area contributed by atoms with E-state index in [1.54, 1.807) is 18.3 Å². The fraction of sp³-hybridized carbons (Fsp3) is 0.280. The Morgan fingerprint density at radius 3 is 2.43 bits per heavy atom. The summed E-state index contributed by atoms with van der Waals surface area (Å²) in [6, 6.07) is 22.6. The van der Waals surface area contributed by atoms with Crippen molar-refractivity contribution in [2.45, 2.75) is 31.6 Å². The molecule has 0 N–H and O–H groups in total. The van der Waals surface area contributed by atoms with Gasteiger partial charge < -0.3 is 4.74 Å². The average molecular weight is 401 g/mol. The highest BCUT2D eigenvalue weighted by molar-refractivity contribution is 5.30. The molecule has 1 saturated heterocycles. The zero-order valence-corrected chi connectivity index (χ0v) is 16.7. The zero-order valence-electron chi connectivity index (χ0n) is 16.7. The summed E-state index contributed by atoms with van der Waals surface area (Å²) in [7, 11) is 0. The second-order valence-corrected chi connectivity index (χ2v) is 7.61. The summed E-state index contributed by atoms with van der Waals surface area (Å²) in [6.07, 6.45) is 3.49. The van der Waals surface area contributed by atoms with Crippen LogP contribution < -0.4 is 0 Å². The van der Waals surface area contributed by atoms with Gasteiger partial charge in [-0.1, -0.05) is 42.5 Å². The van der Waals surface area contributed by atoms with Crippen LogP contribution >= 0.6 is 0 Å². The first-order valence-electron chi connectivity index (χ1n) is 10.2. The quantitative estimate of drug-likeness (QED) is 0.592. The van der Waals surface area contributed by atoms with E-state index in [1.807, 2.05) is 30.3 Å². The number of ether oxygens (including phenoxy) is 1. The summed E-state index contributed by atoms with van der Waals surface area (Å²) in [5.41, 5.74) is 3.60. The Hall–Kier alpha value is -3.07. The van der Waals surface area contributed by atoms with Crippen LogP contribution in [0.25, 0.3) is 0 Å². The molecule has 1 atom stereocenters. The summed E-state index contributed by atoms with van der Waals surface area (Å²) in [4.78, 5) is 6.42. The fourth-order valence-corrected chi connectivity index (χ4v) is 3.90. The molecule has 5 heteroatoms. The first kappa shape index (κ1) is 20.2. The molecule has 1 aromatic heterocycles. The van der Waals surface area contributed by atoms with E-state index in [0.717, 1.165) is 49.2 Å². The van der Waals surface area contributed by atoms with Gasteiger partial charge in [0.1, 0.15) is 23.7 Å². The summed E-state index contributed by atoms with van der Waals surface area (Å²) >= 11 is 0. The number of piperidine rings is 1. The van der Waals surface area contributed by atoms with Gasteiger partial charge in [-0.3, -0.25) is 4.90 Å². The highest BCUT2D eigenvalue weighted by Gasteiger charge is 2.25. The minimum atomic E-state index is -0.241. The Balaban J connectivity index is 1.40. The lowest BCUT2D eigenvalue weighted by atomic mass is 10.00. The van der Waals surface area contributed by atoms with Crippen molar-refractivity contribution < 1.29 is 9.13 Å². The van der Waals surface area contributed by atoms with Crippen LogP contribution in [-0.4, -0.2) is 29.1 Å². The molecule has 0 bridgehead atoms. The Labute approximate surface area is 176 Å². The molecule has 0 spiro atoms. The number of halogens is 1. The Morgan fingerprint density at radius 1 is 1.03 bits per heavy atom. The number of pyridine rings is 1. The first-order valence-corrected chi connectivity index (χ1v) is 10.2. The van der Waals surface area contributed by atoms with E-state index in [2.05, 4.69) is 28.1 Å². The topological polar surface area (TPSA) is 49.2 Å².